The number of pyridine rings is 1. The third-order valence-electron chi connectivity index (χ3n) is 5.19. The van der Waals surface area contributed by atoms with Crippen LogP contribution in [0.25, 0.3) is 10.8 Å². The van der Waals surface area contributed by atoms with Gasteiger partial charge in [-0.2, -0.15) is 0 Å². The predicted molar refractivity (Wildman–Crippen MR) is 106 cm³/mol. The quantitative estimate of drug-likeness (QED) is 0.794. The first-order chi connectivity index (χ1) is 14.1. The summed E-state index contributed by atoms with van der Waals surface area (Å²) in [6.07, 6.45) is 11.2. The number of urea groups is 1. The first-order valence-electron chi connectivity index (χ1n) is 9.50. The Morgan fingerprint density at radius 3 is 2.90 bits per heavy atom. The average molecular weight is 392 g/mol. The lowest BCUT2D eigenvalue weighted by Crippen LogP contribution is -2.49. The zero-order valence-corrected chi connectivity index (χ0v) is 15.8. The number of ether oxygens (including phenoxy) is 1. The molecule has 1 aromatic heterocycles. The van der Waals surface area contributed by atoms with Gasteiger partial charge in [0.25, 0.3) is 0 Å². The van der Waals surface area contributed by atoms with Gasteiger partial charge in [-0.3, -0.25) is 24.9 Å². The number of hydrogen-bond donors (Lipinski definition) is 1. The maximum atomic E-state index is 12.6. The van der Waals surface area contributed by atoms with Crippen molar-refractivity contribution in [3.8, 4) is 18.1 Å². The van der Waals surface area contributed by atoms with Gasteiger partial charge < -0.3 is 4.74 Å². The molecular weight excluding hydrogens is 372 g/mol. The molecule has 0 radical (unpaired) electrons. The number of rotatable bonds is 2. The highest BCUT2D eigenvalue weighted by Crippen LogP contribution is 2.30. The number of hydrogen-bond acceptors (Lipinski definition) is 5. The molecule has 8 nitrogen and oxygen atoms in total. The van der Waals surface area contributed by atoms with Gasteiger partial charge in [0.1, 0.15) is 5.75 Å². The van der Waals surface area contributed by atoms with E-state index in [9.17, 15) is 14.4 Å². The number of carbonyl (C=O) groups is 3. The minimum Gasteiger partial charge on any atom is -0.410 e. The van der Waals surface area contributed by atoms with E-state index in [4.69, 9.17) is 11.2 Å². The number of likely N-dealkylation sites (tertiary alicyclic amines) is 1. The molecule has 2 aromatic rings. The van der Waals surface area contributed by atoms with Crippen LogP contribution in [-0.2, 0) is 4.79 Å². The van der Waals surface area contributed by atoms with Crippen LogP contribution in [0.5, 0.6) is 5.75 Å². The van der Waals surface area contributed by atoms with Crippen molar-refractivity contribution in [2.75, 3.05) is 18.0 Å². The smallest absolute Gasteiger partial charge is 0.410 e. The highest BCUT2D eigenvalue weighted by atomic mass is 16.6. The van der Waals surface area contributed by atoms with E-state index in [1.807, 2.05) is 0 Å². The SMILES string of the molecule is C#CC1CCCCN1C(=O)Oc1ccc2c(N3CCC(=O)NC3=O)cncc2c1. The molecule has 2 aliphatic heterocycles. The lowest BCUT2D eigenvalue weighted by Gasteiger charge is -2.31. The number of nitrogens with one attached hydrogen (secondary N) is 1. The van der Waals surface area contributed by atoms with Gasteiger partial charge in [-0.05, 0) is 37.5 Å². The molecular formula is C21H20N4O4. The Balaban J connectivity index is 1.57. The second kappa shape index (κ2) is 7.80. The standard InChI is InChI=1S/C21H20N4O4/c1-2-15-5-3-4-9-24(15)21(28)29-16-6-7-17-14(11-16)12-22-13-18(17)25-10-8-19(26)23-20(25)27/h1,6-7,11-13,15H,3-5,8-10H2,(H,23,26,27). The van der Waals surface area contributed by atoms with Crippen molar-refractivity contribution in [1.29, 1.82) is 0 Å². The summed E-state index contributed by atoms with van der Waals surface area (Å²) in [6, 6.07) is 4.42. The van der Waals surface area contributed by atoms with Crippen LogP contribution < -0.4 is 15.0 Å². The summed E-state index contributed by atoms with van der Waals surface area (Å²) in [4.78, 5) is 43.4. The number of anilines is 1. The minimum absolute atomic E-state index is 0.226. The molecule has 1 atom stereocenters. The van der Waals surface area contributed by atoms with Crippen LogP contribution in [0.3, 0.4) is 0 Å². The first kappa shape index (κ1) is 18.7. The van der Waals surface area contributed by atoms with E-state index in [0.717, 1.165) is 24.6 Å². The third kappa shape index (κ3) is 3.72. The molecule has 0 spiro atoms. The Labute approximate surface area is 167 Å². The Morgan fingerprint density at radius 2 is 2.10 bits per heavy atom. The summed E-state index contributed by atoms with van der Waals surface area (Å²) in [6.45, 7) is 0.862. The fourth-order valence-electron chi connectivity index (χ4n) is 3.69. The van der Waals surface area contributed by atoms with Crippen LogP contribution in [0.4, 0.5) is 15.3 Å². The van der Waals surface area contributed by atoms with Crippen molar-refractivity contribution in [1.82, 2.24) is 15.2 Å². The van der Waals surface area contributed by atoms with Gasteiger partial charge >= 0.3 is 12.1 Å². The van der Waals surface area contributed by atoms with Crippen molar-refractivity contribution in [3.05, 3.63) is 30.6 Å². The van der Waals surface area contributed by atoms with Gasteiger partial charge in [0.15, 0.2) is 0 Å². The molecule has 2 saturated heterocycles. The van der Waals surface area contributed by atoms with Gasteiger partial charge in [0.2, 0.25) is 5.91 Å². The largest absolute Gasteiger partial charge is 0.416 e. The van der Waals surface area contributed by atoms with Crippen molar-refractivity contribution in [2.45, 2.75) is 31.7 Å². The Hall–Kier alpha value is -3.60. The number of piperidine rings is 1. The molecule has 0 aliphatic carbocycles. The maximum Gasteiger partial charge on any atom is 0.416 e. The summed E-state index contributed by atoms with van der Waals surface area (Å²) >= 11 is 0. The molecule has 8 heteroatoms. The second-order valence-electron chi connectivity index (χ2n) is 7.04. The summed E-state index contributed by atoms with van der Waals surface area (Å²) in [5, 5.41) is 3.79. The molecule has 2 aliphatic rings. The molecule has 4 rings (SSSR count). The van der Waals surface area contributed by atoms with Gasteiger partial charge in [-0.25, -0.2) is 9.59 Å². The van der Waals surface area contributed by atoms with E-state index in [-0.39, 0.29) is 24.9 Å². The van der Waals surface area contributed by atoms with Crippen molar-refractivity contribution < 1.29 is 19.1 Å². The van der Waals surface area contributed by atoms with E-state index in [0.29, 0.717) is 23.4 Å². The topological polar surface area (TPSA) is 91.8 Å². The van der Waals surface area contributed by atoms with Crippen LogP contribution in [0.15, 0.2) is 30.6 Å². The molecule has 3 heterocycles. The lowest BCUT2D eigenvalue weighted by atomic mass is 10.0. The number of aromatic nitrogens is 1. The molecule has 2 fully saturated rings. The number of fused-ring (bicyclic) bond motifs is 1. The first-order valence-corrected chi connectivity index (χ1v) is 9.50. The van der Waals surface area contributed by atoms with E-state index in [2.05, 4.69) is 16.2 Å². The van der Waals surface area contributed by atoms with Crippen LogP contribution >= 0.6 is 0 Å². The number of carbonyl (C=O) groups excluding carboxylic acids is 3. The highest BCUT2D eigenvalue weighted by Gasteiger charge is 2.28. The Kier molecular flexibility index (Phi) is 5.04. The van der Waals surface area contributed by atoms with Crippen molar-refractivity contribution in [3.63, 3.8) is 0 Å². The van der Waals surface area contributed by atoms with Gasteiger partial charge in [-0.1, -0.05) is 5.92 Å². The lowest BCUT2D eigenvalue weighted by molar-refractivity contribution is -0.120. The van der Waals surface area contributed by atoms with Crippen molar-refractivity contribution >= 4 is 34.5 Å². The molecule has 1 N–H and O–H groups in total. The molecule has 0 bridgehead atoms. The summed E-state index contributed by atoms with van der Waals surface area (Å²) in [5.74, 6) is 2.73. The fraction of sp³-hybridized carbons (Fsp3) is 0.333. The Bertz CT molecular complexity index is 1030. The molecule has 4 amide bonds. The second-order valence-corrected chi connectivity index (χ2v) is 7.04. The maximum absolute atomic E-state index is 12.6. The van der Waals surface area contributed by atoms with E-state index < -0.39 is 12.1 Å². The zero-order chi connectivity index (χ0) is 20.4. The molecule has 0 saturated carbocycles. The molecule has 1 aromatic carbocycles. The van der Waals surface area contributed by atoms with Crippen LogP contribution in [0.2, 0.25) is 0 Å². The Morgan fingerprint density at radius 1 is 1.24 bits per heavy atom. The third-order valence-corrected chi connectivity index (χ3v) is 5.19. The van der Waals surface area contributed by atoms with Crippen LogP contribution in [0, 0.1) is 12.3 Å². The molecule has 1 unspecified atom stereocenters. The van der Waals surface area contributed by atoms with Gasteiger partial charge in [-0.15, -0.1) is 6.42 Å². The monoisotopic (exact) mass is 392 g/mol. The van der Waals surface area contributed by atoms with E-state index in [1.54, 1.807) is 35.5 Å². The van der Waals surface area contributed by atoms with Gasteiger partial charge in [0, 0.05) is 36.5 Å². The number of terminal acetylenes is 1. The number of nitrogens with zero attached hydrogens (tertiary/aromatic N) is 3. The number of amides is 4. The summed E-state index contributed by atoms with van der Waals surface area (Å²) in [7, 11) is 0. The predicted octanol–water partition coefficient (Wildman–Crippen LogP) is 2.67. The fourth-order valence-corrected chi connectivity index (χ4v) is 3.69. The normalized spacial score (nSPS) is 19.6. The average Bonchev–Trinajstić information content (AvgIpc) is 2.73. The van der Waals surface area contributed by atoms with Gasteiger partial charge in [0.05, 0.1) is 17.9 Å². The summed E-state index contributed by atoms with van der Waals surface area (Å²) < 4.78 is 5.54. The highest BCUT2D eigenvalue weighted by molar-refractivity contribution is 6.09. The van der Waals surface area contributed by atoms with Crippen LogP contribution in [0.1, 0.15) is 25.7 Å². The van der Waals surface area contributed by atoms with E-state index >= 15 is 0 Å². The molecule has 29 heavy (non-hydrogen) atoms. The number of imide groups is 1. The molecule has 148 valence electrons. The van der Waals surface area contributed by atoms with Crippen LogP contribution in [-0.4, -0.2) is 47.0 Å². The minimum atomic E-state index is -0.475. The zero-order valence-electron chi connectivity index (χ0n) is 15.8. The summed E-state index contributed by atoms with van der Waals surface area (Å²) in [5.41, 5.74) is 0.591. The number of benzene rings is 1. The van der Waals surface area contributed by atoms with E-state index in [1.165, 1.54) is 4.90 Å². The van der Waals surface area contributed by atoms with Crippen molar-refractivity contribution in [2.24, 2.45) is 0 Å².